The van der Waals surface area contributed by atoms with Gasteiger partial charge in [0.25, 0.3) is 0 Å². The monoisotopic (exact) mass is 373 g/mol. The van der Waals surface area contributed by atoms with Gasteiger partial charge in [0.1, 0.15) is 29.6 Å². The fourth-order valence-electron chi connectivity index (χ4n) is 2.61. The second-order valence-corrected chi connectivity index (χ2v) is 6.10. The van der Waals surface area contributed by atoms with Crippen LogP contribution in [0.15, 0.2) is 42.9 Å². The number of fused-ring (bicyclic) bond motifs is 1. The predicted molar refractivity (Wildman–Crippen MR) is 95.5 cm³/mol. The minimum Gasteiger partial charge on any atom is -0.393 e. The van der Waals surface area contributed by atoms with E-state index in [2.05, 4.69) is 10.3 Å². The van der Waals surface area contributed by atoms with Gasteiger partial charge < -0.3 is 15.5 Å². The number of hydrogen-bond donors (Lipinski definition) is 3. The molecule has 140 valence electrons. The lowest BCUT2D eigenvalue weighted by Crippen LogP contribution is -2.30. The quantitative estimate of drug-likeness (QED) is 0.569. The standard InChI is InChI=1S/C18H17FN4O4/c1-11-2-5-16(15(19)6-11)21-17-14(4-3-12-7-20-10-22(12)17)18(26)23(27)8-13(25)9-24/h2-7,10,13,24-25H,8-9H2,1H3/p+1. The van der Waals surface area contributed by atoms with Crippen molar-refractivity contribution in [2.24, 2.45) is 0 Å². The number of carbonyl (C=O) groups excluding carboxylic acids is 1. The molecular formula is C18H18FN4O4+. The molecule has 2 aromatic heterocycles. The molecule has 3 N–H and O–H groups in total. The molecule has 9 heteroatoms. The number of imidazole rings is 1. The molecule has 3 rings (SSSR count). The minimum absolute atomic E-state index is 0.0272. The minimum atomic E-state index is -1.35. The van der Waals surface area contributed by atoms with E-state index in [-0.39, 0.29) is 21.8 Å². The molecule has 1 amide bonds. The van der Waals surface area contributed by atoms with Crippen LogP contribution in [0.5, 0.6) is 0 Å². The smallest absolute Gasteiger partial charge is 0.393 e. The van der Waals surface area contributed by atoms with Crippen LogP contribution in [-0.4, -0.2) is 49.5 Å². The molecule has 0 aliphatic carbocycles. The number of hydrogen-bond acceptors (Lipinski definition) is 6. The van der Waals surface area contributed by atoms with Gasteiger partial charge in [-0.3, -0.25) is 4.40 Å². The molecule has 0 fully saturated rings. The number of aryl methyl sites for hydroxylation is 1. The fourth-order valence-corrected chi connectivity index (χ4v) is 2.61. The maximum absolute atomic E-state index is 14.3. The number of amides is 1. The second kappa shape index (κ2) is 7.60. The van der Waals surface area contributed by atoms with Crippen molar-refractivity contribution in [3.05, 3.63) is 64.7 Å². The first kappa shape index (κ1) is 18.6. The SMILES string of the molecule is Cc1ccc(Nc2c(C(=O)[N+](=O)CC(O)CO)ccc3cncn23)c(F)c1. The first-order chi connectivity index (χ1) is 12.9. The van der Waals surface area contributed by atoms with Gasteiger partial charge in [-0.2, -0.15) is 0 Å². The van der Waals surface area contributed by atoms with Crippen LogP contribution in [0, 0.1) is 17.6 Å². The summed E-state index contributed by atoms with van der Waals surface area (Å²) in [6.45, 7) is 0.516. The summed E-state index contributed by atoms with van der Waals surface area (Å²) >= 11 is 0. The van der Waals surface area contributed by atoms with Gasteiger partial charge in [0.15, 0.2) is 0 Å². The molecule has 2 heterocycles. The van der Waals surface area contributed by atoms with Gasteiger partial charge in [-0.05, 0) is 36.8 Å². The normalized spacial score (nSPS) is 12.1. The fraction of sp³-hybridized carbons (Fsp3) is 0.222. The first-order valence-electron chi connectivity index (χ1n) is 8.17. The van der Waals surface area contributed by atoms with E-state index < -0.39 is 31.0 Å². The molecule has 1 unspecified atom stereocenters. The number of anilines is 2. The molecule has 1 atom stereocenters. The Morgan fingerprint density at radius 3 is 2.85 bits per heavy atom. The average molecular weight is 373 g/mol. The van der Waals surface area contributed by atoms with Gasteiger partial charge in [-0.15, -0.1) is 0 Å². The zero-order valence-corrected chi connectivity index (χ0v) is 14.5. The number of halogens is 1. The predicted octanol–water partition coefficient (Wildman–Crippen LogP) is 1.80. The largest absolute Gasteiger partial charge is 0.468 e. The summed E-state index contributed by atoms with van der Waals surface area (Å²) < 4.78 is 15.8. The van der Waals surface area contributed by atoms with Crippen LogP contribution in [0.1, 0.15) is 15.9 Å². The maximum Gasteiger partial charge on any atom is 0.468 e. The van der Waals surface area contributed by atoms with Crippen LogP contribution in [-0.2, 0) is 0 Å². The van der Waals surface area contributed by atoms with Gasteiger partial charge in [0, 0.05) is 4.91 Å². The van der Waals surface area contributed by atoms with Gasteiger partial charge in [0.2, 0.25) is 6.54 Å². The summed E-state index contributed by atoms with van der Waals surface area (Å²) in [5.74, 6) is -1.29. The van der Waals surface area contributed by atoms with E-state index in [0.29, 0.717) is 5.52 Å². The molecule has 0 radical (unpaired) electrons. The Balaban J connectivity index is 2.04. The van der Waals surface area contributed by atoms with Crippen LogP contribution in [0.4, 0.5) is 15.9 Å². The Morgan fingerprint density at radius 1 is 1.37 bits per heavy atom. The number of nitrogens with one attached hydrogen (secondary N) is 1. The van der Waals surface area contributed by atoms with Crippen LogP contribution in [0.2, 0.25) is 0 Å². The third kappa shape index (κ3) is 3.83. The maximum atomic E-state index is 14.3. The summed E-state index contributed by atoms with van der Waals surface area (Å²) in [5.41, 5.74) is 1.47. The highest BCUT2D eigenvalue weighted by Crippen LogP contribution is 2.26. The summed E-state index contributed by atoms with van der Waals surface area (Å²) in [6.07, 6.45) is 1.63. The Hall–Kier alpha value is -3.17. The molecule has 0 saturated heterocycles. The molecule has 27 heavy (non-hydrogen) atoms. The highest BCUT2D eigenvalue weighted by atomic mass is 19.1. The first-order valence-corrected chi connectivity index (χ1v) is 8.17. The van der Waals surface area contributed by atoms with Crippen molar-refractivity contribution in [1.82, 2.24) is 9.38 Å². The number of aromatic nitrogens is 2. The molecule has 0 bridgehead atoms. The second-order valence-electron chi connectivity index (χ2n) is 6.10. The van der Waals surface area contributed by atoms with Crippen LogP contribution >= 0.6 is 0 Å². The summed E-state index contributed by atoms with van der Waals surface area (Å²) in [6, 6.07) is 7.59. The van der Waals surface area contributed by atoms with Crippen molar-refractivity contribution in [2.45, 2.75) is 13.0 Å². The Morgan fingerprint density at radius 2 is 2.15 bits per heavy atom. The zero-order chi connectivity index (χ0) is 19.6. The number of rotatable bonds is 6. The van der Waals surface area contributed by atoms with E-state index in [9.17, 15) is 19.2 Å². The lowest BCUT2D eigenvalue weighted by atomic mass is 10.2. The molecular weight excluding hydrogens is 355 g/mol. The third-order valence-corrected chi connectivity index (χ3v) is 4.01. The van der Waals surface area contributed by atoms with Crippen molar-refractivity contribution in [3.8, 4) is 0 Å². The number of carbonyl (C=O) groups is 1. The van der Waals surface area contributed by atoms with Crippen LogP contribution in [0.3, 0.4) is 0 Å². The Bertz CT molecular complexity index is 1020. The molecule has 0 aliphatic heterocycles. The zero-order valence-electron chi connectivity index (χ0n) is 14.5. The third-order valence-electron chi connectivity index (χ3n) is 4.01. The van der Waals surface area contributed by atoms with E-state index in [4.69, 9.17) is 5.11 Å². The molecule has 0 spiro atoms. The Labute approximate surface area is 153 Å². The number of nitroso groups, excluding NO2 is 1. The average Bonchev–Trinajstić information content (AvgIpc) is 3.12. The number of benzene rings is 1. The van der Waals surface area contributed by atoms with E-state index in [1.54, 1.807) is 25.3 Å². The highest BCUT2D eigenvalue weighted by Gasteiger charge is 2.31. The lowest BCUT2D eigenvalue weighted by molar-refractivity contribution is -0.462. The van der Waals surface area contributed by atoms with E-state index in [0.717, 1.165) is 5.56 Å². The molecule has 0 aliphatic rings. The van der Waals surface area contributed by atoms with Gasteiger partial charge in [-0.25, -0.2) is 14.2 Å². The van der Waals surface area contributed by atoms with Gasteiger partial charge >= 0.3 is 5.91 Å². The molecule has 8 nitrogen and oxygen atoms in total. The summed E-state index contributed by atoms with van der Waals surface area (Å²) in [7, 11) is 0. The number of aliphatic hydroxyl groups excluding tert-OH is 2. The van der Waals surface area contributed by atoms with Crippen molar-refractivity contribution in [1.29, 1.82) is 0 Å². The summed E-state index contributed by atoms with van der Waals surface area (Å²) in [5, 5.41) is 21.1. The van der Waals surface area contributed by atoms with E-state index in [1.165, 1.54) is 28.9 Å². The molecule has 1 aromatic carbocycles. The molecule has 0 saturated carbocycles. The van der Waals surface area contributed by atoms with Crippen molar-refractivity contribution in [2.75, 3.05) is 18.5 Å². The lowest BCUT2D eigenvalue weighted by Gasteiger charge is -2.13. The highest BCUT2D eigenvalue weighted by molar-refractivity contribution is 5.95. The van der Waals surface area contributed by atoms with Crippen molar-refractivity contribution in [3.63, 3.8) is 0 Å². The van der Waals surface area contributed by atoms with Gasteiger partial charge in [0.05, 0.1) is 28.8 Å². The van der Waals surface area contributed by atoms with Crippen molar-refractivity contribution >= 4 is 22.9 Å². The molecule has 3 aromatic rings. The topological polar surface area (TPSA) is 107 Å². The van der Waals surface area contributed by atoms with Gasteiger partial charge in [-0.1, -0.05) is 6.07 Å². The number of nitrogens with zero attached hydrogens (tertiary/aromatic N) is 3. The van der Waals surface area contributed by atoms with Crippen LogP contribution < -0.4 is 5.32 Å². The van der Waals surface area contributed by atoms with Crippen molar-refractivity contribution < 1.29 is 24.2 Å². The van der Waals surface area contributed by atoms with Crippen LogP contribution in [0.25, 0.3) is 5.52 Å². The number of pyridine rings is 1. The number of aliphatic hydroxyl groups is 2. The summed E-state index contributed by atoms with van der Waals surface area (Å²) in [4.78, 5) is 28.6. The van der Waals surface area contributed by atoms with E-state index >= 15 is 0 Å². The Kier molecular flexibility index (Phi) is 5.24. The van der Waals surface area contributed by atoms with E-state index in [1.807, 2.05) is 0 Å².